The Hall–Kier alpha value is -1.02. The van der Waals surface area contributed by atoms with E-state index in [0.717, 1.165) is 18.4 Å². The first-order valence-electron chi connectivity index (χ1n) is 7.53. The van der Waals surface area contributed by atoms with Crippen LogP contribution < -0.4 is 5.32 Å². The molecule has 3 heteroatoms. The van der Waals surface area contributed by atoms with Crippen LogP contribution in [0.3, 0.4) is 0 Å². The highest BCUT2D eigenvalue weighted by molar-refractivity contribution is 6.33. The van der Waals surface area contributed by atoms with E-state index in [9.17, 15) is 4.79 Å². The van der Waals surface area contributed by atoms with E-state index in [0.29, 0.717) is 21.9 Å². The molecular weight excluding hydrogens is 270 g/mol. The molecule has 4 rings (SSSR count). The number of rotatable bonds is 3. The SMILES string of the molecule is CC1(C)[C@@H]2CCC(CNC(=O)c3ccccc3Cl)[C@H]1C2. The number of hydrogen-bond acceptors (Lipinski definition) is 1. The molecule has 3 aliphatic rings. The van der Waals surface area contributed by atoms with Gasteiger partial charge < -0.3 is 5.32 Å². The molecule has 3 saturated carbocycles. The van der Waals surface area contributed by atoms with Crippen LogP contribution in [-0.4, -0.2) is 12.5 Å². The molecule has 0 heterocycles. The van der Waals surface area contributed by atoms with E-state index >= 15 is 0 Å². The summed E-state index contributed by atoms with van der Waals surface area (Å²) in [5, 5.41) is 3.60. The maximum Gasteiger partial charge on any atom is 0.252 e. The lowest BCUT2D eigenvalue weighted by atomic mass is 9.45. The van der Waals surface area contributed by atoms with Gasteiger partial charge in [0.25, 0.3) is 5.91 Å². The van der Waals surface area contributed by atoms with Crippen LogP contribution in [0.25, 0.3) is 0 Å². The zero-order valence-corrected chi connectivity index (χ0v) is 12.9. The van der Waals surface area contributed by atoms with E-state index in [4.69, 9.17) is 11.6 Å². The van der Waals surface area contributed by atoms with Crippen molar-refractivity contribution in [2.24, 2.45) is 23.2 Å². The molecule has 0 aromatic heterocycles. The third-order valence-corrected chi connectivity index (χ3v) is 5.97. The van der Waals surface area contributed by atoms with Gasteiger partial charge in [-0.2, -0.15) is 0 Å². The van der Waals surface area contributed by atoms with Crippen LogP contribution in [0.5, 0.6) is 0 Å². The monoisotopic (exact) mass is 291 g/mol. The lowest BCUT2D eigenvalue weighted by Crippen LogP contribution is -2.54. The van der Waals surface area contributed by atoms with Crippen molar-refractivity contribution >= 4 is 17.5 Å². The minimum atomic E-state index is -0.0464. The summed E-state index contributed by atoms with van der Waals surface area (Å²) >= 11 is 6.06. The maximum atomic E-state index is 12.2. The molecule has 2 nitrogen and oxygen atoms in total. The van der Waals surface area contributed by atoms with Crippen LogP contribution in [0.2, 0.25) is 5.02 Å². The number of nitrogens with one attached hydrogen (secondary N) is 1. The third-order valence-electron chi connectivity index (χ3n) is 5.64. The molecule has 1 aromatic rings. The molecule has 20 heavy (non-hydrogen) atoms. The Morgan fingerprint density at radius 3 is 2.75 bits per heavy atom. The van der Waals surface area contributed by atoms with Gasteiger partial charge in [-0.1, -0.05) is 37.6 Å². The number of fused-ring (bicyclic) bond motifs is 2. The van der Waals surface area contributed by atoms with Crippen molar-refractivity contribution in [2.45, 2.75) is 33.1 Å². The van der Waals surface area contributed by atoms with E-state index in [1.165, 1.54) is 19.3 Å². The zero-order valence-electron chi connectivity index (χ0n) is 12.2. The Morgan fingerprint density at radius 1 is 1.35 bits per heavy atom. The summed E-state index contributed by atoms with van der Waals surface area (Å²) in [5.74, 6) is 2.26. The summed E-state index contributed by atoms with van der Waals surface area (Å²) in [6.45, 7) is 5.55. The number of hydrogen-bond donors (Lipinski definition) is 1. The average molecular weight is 292 g/mol. The van der Waals surface area contributed by atoms with E-state index in [1.54, 1.807) is 12.1 Å². The molecule has 1 aromatic carbocycles. The first kappa shape index (κ1) is 13.9. The summed E-state index contributed by atoms with van der Waals surface area (Å²) in [7, 11) is 0. The summed E-state index contributed by atoms with van der Waals surface area (Å²) < 4.78 is 0. The minimum Gasteiger partial charge on any atom is -0.352 e. The quantitative estimate of drug-likeness (QED) is 0.891. The molecule has 0 spiro atoms. The van der Waals surface area contributed by atoms with Gasteiger partial charge in [-0.05, 0) is 54.6 Å². The molecule has 1 N–H and O–H groups in total. The van der Waals surface area contributed by atoms with Gasteiger partial charge in [0.1, 0.15) is 0 Å². The van der Waals surface area contributed by atoms with Crippen molar-refractivity contribution in [1.29, 1.82) is 0 Å². The van der Waals surface area contributed by atoms with Crippen molar-refractivity contribution in [2.75, 3.05) is 6.54 Å². The smallest absolute Gasteiger partial charge is 0.252 e. The number of halogens is 1. The van der Waals surface area contributed by atoms with Gasteiger partial charge in [-0.3, -0.25) is 4.79 Å². The summed E-state index contributed by atoms with van der Waals surface area (Å²) in [4.78, 5) is 12.2. The van der Waals surface area contributed by atoms with Crippen LogP contribution >= 0.6 is 11.6 Å². The van der Waals surface area contributed by atoms with Crippen molar-refractivity contribution < 1.29 is 4.79 Å². The van der Waals surface area contributed by atoms with Crippen molar-refractivity contribution in [1.82, 2.24) is 5.32 Å². The predicted molar refractivity (Wildman–Crippen MR) is 81.9 cm³/mol. The molecule has 1 unspecified atom stereocenters. The van der Waals surface area contributed by atoms with Gasteiger partial charge in [-0.15, -0.1) is 0 Å². The van der Waals surface area contributed by atoms with E-state index in [2.05, 4.69) is 19.2 Å². The summed E-state index contributed by atoms with van der Waals surface area (Å²) in [6, 6.07) is 7.23. The Labute approximate surface area is 125 Å². The van der Waals surface area contributed by atoms with Crippen LogP contribution in [-0.2, 0) is 0 Å². The van der Waals surface area contributed by atoms with Gasteiger partial charge in [0.15, 0.2) is 0 Å². The number of carbonyl (C=O) groups is 1. The third kappa shape index (κ3) is 2.24. The fourth-order valence-corrected chi connectivity index (χ4v) is 4.39. The van der Waals surface area contributed by atoms with Crippen molar-refractivity contribution in [3.05, 3.63) is 34.9 Å². The molecule has 0 saturated heterocycles. The topological polar surface area (TPSA) is 29.1 Å². The molecule has 0 radical (unpaired) electrons. The van der Waals surface area contributed by atoms with Crippen LogP contribution in [0.1, 0.15) is 43.5 Å². The molecule has 3 aliphatic carbocycles. The van der Waals surface area contributed by atoms with Crippen LogP contribution in [0.15, 0.2) is 24.3 Å². The Bertz CT molecular complexity index is 523. The van der Waals surface area contributed by atoms with Gasteiger partial charge in [-0.25, -0.2) is 0 Å². The standard InChI is InChI=1S/C17H22ClNO/c1-17(2)12-8-7-11(14(17)9-12)10-19-16(20)13-5-3-4-6-15(13)18/h3-6,11-12,14H,7-10H2,1-2H3,(H,19,20)/t11?,12-,14-/m1/s1. The summed E-state index contributed by atoms with van der Waals surface area (Å²) in [6.07, 6.45) is 3.91. The van der Waals surface area contributed by atoms with E-state index in [-0.39, 0.29) is 5.91 Å². The second-order valence-corrected chi connectivity index (χ2v) is 7.29. The first-order chi connectivity index (χ1) is 9.50. The van der Waals surface area contributed by atoms with E-state index < -0.39 is 0 Å². The van der Waals surface area contributed by atoms with Crippen LogP contribution in [0, 0.1) is 23.2 Å². The molecule has 2 bridgehead atoms. The average Bonchev–Trinajstić information content (AvgIpc) is 2.45. The highest BCUT2D eigenvalue weighted by Gasteiger charge is 2.53. The zero-order chi connectivity index (χ0) is 14.3. The van der Waals surface area contributed by atoms with E-state index in [1.807, 2.05) is 12.1 Å². The minimum absolute atomic E-state index is 0.0464. The molecule has 108 valence electrons. The predicted octanol–water partition coefficient (Wildman–Crippen LogP) is 4.14. The Balaban J connectivity index is 1.60. The van der Waals surface area contributed by atoms with Crippen molar-refractivity contribution in [3.63, 3.8) is 0 Å². The number of carbonyl (C=O) groups excluding carboxylic acids is 1. The fraction of sp³-hybridized carbons (Fsp3) is 0.588. The lowest BCUT2D eigenvalue weighted by Gasteiger charge is -2.60. The number of amides is 1. The molecule has 1 amide bonds. The second-order valence-electron chi connectivity index (χ2n) is 6.89. The molecule has 0 aliphatic heterocycles. The molecular formula is C17H22ClNO. The summed E-state index contributed by atoms with van der Waals surface area (Å²) in [5.41, 5.74) is 1.05. The number of benzene rings is 1. The Morgan fingerprint density at radius 2 is 2.10 bits per heavy atom. The highest BCUT2D eigenvalue weighted by Crippen LogP contribution is 2.61. The molecule has 3 fully saturated rings. The maximum absolute atomic E-state index is 12.2. The van der Waals surface area contributed by atoms with Gasteiger partial charge >= 0.3 is 0 Å². The van der Waals surface area contributed by atoms with Gasteiger partial charge in [0.2, 0.25) is 0 Å². The highest BCUT2D eigenvalue weighted by atomic mass is 35.5. The van der Waals surface area contributed by atoms with Crippen LogP contribution in [0.4, 0.5) is 0 Å². The van der Waals surface area contributed by atoms with Gasteiger partial charge in [0.05, 0.1) is 10.6 Å². The lowest BCUT2D eigenvalue weighted by molar-refractivity contribution is -0.103. The van der Waals surface area contributed by atoms with Crippen molar-refractivity contribution in [3.8, 4) is 0 Å². The second kappa shape index (κ2) is 5.07. The molecule has 3 atom stereocenters. The first-order valence-corrected chi connectivity index (χ1v) is 7.90. The fourth-order valence-electron chi connectivity index (χ4n) is 4.17. The van der Waals surface area contributed by atoms with Gasteiger partial charge in [0, 0.05) is 6.54 Å². The largest absolute Gasteiger partial charge is 0.352 e. The Kier molecular flexibility index (Phi) is 3.53. The normalized spacial score (nSPS) is 30.4.